The number of hydrogen-bond acceptors (Lipinski definition) is 2. The van der Waals surface area contributed by atoms with E-state index in [2.05, 4.69) is 25.7 Å². The van der Waals surface area contributed by atoms with Crippen molar-refractivity contribution >= 4 is 5.69 Å². The lowest BCUT2D eigenvalue weighted by Gasteiger charge is -2.28. The molecule has 1 aromatic rings. The van der Waals surface area contributed by atoms with E-state index in [0.717, 1.165) is 25.2 Å². The van der Waals surface area contributed by atoms with E-state index in [0.29, 0.717) is 16.9 Å². The van der Waals surface area contributed by atoms with E-state index < -0.39 is 6.10 Å². The third kappa shape index (κ3) is 3.08. The summed E-state index contributed by atoms with van der Waals surface area (Å²) < 4.78 is 13.3. The molecule has 3 heteroatoms. The summed E-state index contributed by atoms with van der Waals surface area (Å²) >= 11 is 0. The largest absolute Gasteiger partial charge is 0.389 e. The molecule has 0 aliphatic carbocycles. The fraction of sp³-hybridized carbons (Fsp3) is 0.625. The summed E-state index contributed by atoms with van der Waals surface area (Å²) in [6, 6.07) is 4.72. The molecule has 2 nitrogen and oxygen atoms in total. The van der Waals surface area contributed by atoms with Crippen molar-refractivity contribution in [3.05, 3.63) is 29.6 Å². The van der Waals surface area contributed by atoms with E-state index in [9.17, 15) is 9.50 Å². The molecule has 0 aromatic heterocycles. The molecular formula is C16H24FNO. The smallest absolute Gasteiger partial charge is 0.123 e. The number of nitrogens with zero attached hydrogens (tertiary/aromatic N) is 1. The van der Waals surface area contributed by atoms with Gasteiger partial charge in [0, 0.05) is 24.3 Å². The number of rotatable bonds is 2. The van der Waals surface area contributed by atoms with Gasteiger partial charge in [-0.2, -0.15) is 0 Å². The Bertz CT molecular complexity index is 451. The second-order valence-electron chi connectivity index (χ2n) is 6.68. The summed E-state index contributed by atoms with van der Waals surface area (Å²) in [5, 5.41) is 9.82. The molecule has 0 spiro atoms. The lowest BCUT2D eigenvalue weighted by molar-refractivity contribution is 0.199. The van der Waals surface area contributed by atoms with Crippen LogP contribution in [0.5, 0.6) is 0 Å². The van der Waals surface area contributed by atoms with Gasteiger partial charge in [0.25, 0.3) is 0 Å². The molecular weight excluding hydrogens is 241 g/mol. The van der Waals surface area contributed by atoms with Crippen molar-refractivity contribution in [2.75, 3.05) is 18.0 Å². The van der Waals surface area contributed by atoms with Crippen LogP contribution in [0.1, 0.15) is 45.8 Å². The molecule has 1 aromatic carbocycles. The van der Waals surface area contributed by atoms with Crippen LogP contribution in [-0.4, -0.2) is 18.2 Å². The maximum atomic E-state index is 13.3. The van der Waals surface area contributed by atoms with E-state index in [-0.39, 0.29) is 5.82 Å². The molecule has 1 aliphatic rings. The Kier molecular flexibility index (Phi) is 3.86. The van der Waals surface area contributed by atoms with Gasteiger partial charge < -0.3 is 10.0 Å². The van der Waals surface area contributed by atoms with Crippen molar-refractivity contribution in [2.45, 2.75) is 40.2 Å². The first-order valence-corrected chi connectivity index (χ1v) is 7.01. The summed E-state index contributed by atoms with van der Waals surface area (Å²) in [5.41, 5.74) is 1.96. The zero-order valence-electron chi connectivity index (χ0n) is 12.3. The van der Waals surface area contributed by atoms with Gasteiger partial charge in [0.05, 0.1) is 6.10 Å². The minimum Gasteiger partial charge on any atom is -0.389 e. The van der Waals surface area contributed by atoms with Crippen LogP contribution in [0.3, 0.4) is 0 Å². The van der Waals surface area contributed by atoms with Crippen LogP contribution in [0.15, 0.2) is 18.2 Å². The van der Waals surface area contributed by atoms with Gasteiger partial charge in [-0.3, -0.25) is 0 Å². The third-order valence-electron chi connectivity index (χ3n) is 4.19. The first-order chi connectivity index (χ1) is 8.79. The van der Waals surface area contributed by atoms with Crippen molar-refractivity contribution in [3.8, 4) is 0 Å². The molecule has 1 aliphatic heterocycles. The van der Waals surface area contributed by atoms with Crippen molar-refractivity contribution in [2.24, 2.45) is 11.3 Å². The predicted molar refractivity (Wildman–Crippen MR) is 76.8 cm³/mol. The Morgan fingerprint density at radius 2 is 2.05 bits per heavy atom. The maximum absolute atomic E-state index is 13.3. The fourth-order valence-corrected chi connectivity index (χ4v) is 2.83. The van der Waals surface area contributed by atoms with Crippen LogP contribution < -0.4 is 4.90 Å². The molecule has 1 saturated heterocycles. The van der Waals surface area contributed by atoms with E-state index in [1.54, 1.807) is 13.0 Å². The van der Waals surface area contributed by atoms with Gasteiger partial charge >= 0.3 is 0 Å². The van der Waals surface area contributed by atoms with E-state index in [4.69, 9.17) is 0 Å². The Morgan fingerprint density at radius 1 is 1.37 bits per heavy atom. The highest BCUT2D eigenvalue weighted by Gasteiger charge is 2.32. The Morgan fingerprint density at radius 3 is 2.58 bits per heavy atom. The monoisotopic (exact) mass is 265 g/mol. The van der Waals surface area contributed by atoms with Gasteiger partial charge in [0.2, 0.25) is 0 Å². The Labute approximate surface area is 115 Å². The van der Waals surface area contributed by atoms with Crippen LogP contribution >= 0.6 is 0 Å². The minimum absolute atomic E-state index is 0.286. The number of benzene rings is 1. The van der Waals surface area contributed by atoms with Gasteiger partial charge in [-0.25, -0.2) is 4.39 Å². The lowest BCUT2D eigenvalue weighted by atomic mass is 9.80. The third-order valence-corrected chi connectivity index (χ3v) is 4.19. The average molecular weight is 265 g/mol. The van der Waals surface area contributed by atoms with Crippen LogP contribution in [0.25, 0.3) is 0 Å². The number of aliphatic hydroxyl groups is 1. The zero-order valence-corrected chi connectivity index (χ0v) is 12.3. The normalized spacial score (nSPS) is 21.8. The highest BCUT2D eigenvalue weighted by Crippen LogP contribution is 2.37. The van der Waals surface area contributed by atoms with Gasteiger partial charge in [0.1, 0.15) is 5.82 Å². The van der Waals surface area contributed by atoms with Crippen molar-refractivity contribution < 1.29 is 9.50 Å². The topological polar surface area (TPSA) is 23.5 Å². The van der Waals surface area contributed by atoms with Crippen LogP contribution in [0, 0.1) is 17.2 Å². The van der Waals surface area contributed by atoms with Gasteiger partial charge in [-0.05, 0) is 42.9 Å². The Balaban J connectivity index is 2.24. The molecule has 1 N–H and O–H groups in total. The summed E-state index contributed by atoms with van der Waals surface area (Å²) in [5.74, 6) is 0.352. The molecule has 1 heterocycles. The quantitative estimate of drug-likeness (QED) is 0.880. The molecule has 106 valence electrons. The van der Waals surface area contributed by atoms with E-state index in [1.807, 2.05) is 0 Å². The maximum Gasteiger partial charge on any atom is 0.123 e. The molecule has 0 bridgehead atoms. The molecule has 0 saturated carbocycles. The second-order valence-corrected chi connectivity index (χ2v) is 6.68. The van der Waals surface area contributed by atoms with Gasteiger partial charge in [0.15, 0.2) is 0 Å². The average Bonchev–Trinajstić information content (AvgIpc) is 2.77. The van der Waals surface area contributed by atoms with Crippen LogP contribution in [0.4, 0.5) is 10.1 Å². The first kappa shape index (κ1) is 14.3. The highest BCUT2D eigenvalue weighted by molar-refractivity contribution is 5.55. The van der Waals surface area contributed by atoms with Gasteiger partial charge in [-0.1, -0.05) is 20.8 Å². The SMILES string of the molecule is C[C@@H](O)c1cc(F)ccc1N1CCC(C(C)(C)C)C1. The molecule has 0 amide bonds. The second kappa shape index (κ2) is 5.12. The molecule has 2 rings (SSSR count). The van der Waals surface area contributed by atoms with Crippen LogP contribution in [-0.2, 0) is 0 Å². The van der Waals surface area contributed by atoms with Crippen molar-refractivity contribution in [3.63, 3.8) is 0 Å². The minimum atomic E-state index is -0.639. The summed E-state index contributed by atoms with van der Waals surface area (Å²) in [4.78, 5) is 2.28. The molecule has 1 unspecified atom stereocenters. The summed E-state index contributed by atoms with van der Waals surface area (Å²) in [6.07, 6.45) is 0.513. The number of anilines is 1. The predicted octanol–water partition coefficient (Wildman–Crippen LogP) is 3.75. The van der Waals surface area contributed by atoms with Crippen LogP contribution in [0.2, 0.25) is 0 Å². The zero-order chi connectivity index (χ0) is 14.2. The number of aliphatic hydroxyl groups excluding tert-OH is 1. The van der Waals surface area contributed by atoms with E-state index >= 15 is 0 Å². The highest BCUT2D eigenvalue weighted by atomic mass is 19.1. The number of halogens is 1. The number of hydrogen-bond donors (Lipinski definition) is 1. The Hall–Kier alpha value is -1.09. The van der Waals surface area contributed by atoms with E-state index in [1.165, 1.54) is 12.1 Å². The summed E-state index contributed by atoms with van der Waals surface area (Å²) in [6.45, 7) is 10.4. The van der Waals surface area contributed by atoms with Crippen molar-refractivity contribution in [1.82, 2.24) is 0 Å². The summed E-state index contributed by atoms with van der Waals surface area (Å²) in [7, 11) is 0. The standard InChI is InChI=1S/C16H24FNO/c1-11(19)14-9-13(17)5-6-15(14)18-8-7-12(10-18)16(2,3)4/h5-6,9,11-12,19H,7-8,10H2,1-4H3/t11-,12?/m1/s1. The molecule has 2 atom stereocenters. The van der Waals surface area contributed by atoms with Gasteiger partial charge in [-0.15, -0.1) is 0 Å². The molecule has 0 radical (unpaired) electrons. The fourth-order valence-electron chi connectivity index (χ4n) is 2.83. The molecule has 19 heavy (non-hydrogen) atoms. The first-order valence-electron chi connectivity index (χ1n) is 7.01. The van der Waals surface area contributed by atoms with Crippen molar-refractivity contribution in [1.29, 1.82) is 0 Å². The molecule has 1 fully saturated rings. The lowest BCUT2D eigenvalue weighted by Crippen LogP contribution is -2.26.